The standard InChI is InChI=1S/C12H14ClN5O/c13-10-6-9(14)3-4-11(10)17-12(19)2-1-5-18-8-15-7-16-18/h3-4,6-8H,1-2,5,14H2,(H,17,19). The molecule has 0 saturated carbocycles. The molecule has 1 heterocycles. The van der Waals surface area contributed by atoms with Gasteiger partial charge in [0.05, 0.1) is 10.7 Å². The zero-order valence-corrected chi connectivity index (χ0v) is 11.0. The summed E-state index contributed by atoms with van der Waals surface area (Å²) in [6.07, 6.45) is 4.16. The Labute approximate surface area is 115 Å². The Morgan fingerprint density at radius 2 is 2.32 bits per heavy atom. The zero-order valence-electron chi connectivity index (χ0n) is 10.2. The largest absolute Gasteiger partial charge is 0.399 e. The van der Waals surface area contributed by atoms with Crippen molar-refractivity contribution in [1.29, 1.82) is 0 Å². The predicted octanol–water partition coefficient (Wildman–Crippen LogP) is 1.93. The number of hydrogen-bond donors (Lipinski definition) is 2. The average Bonchev–Trinajstić information content (AvgIpc) is 2.86. The molecule has 2 aromatic rings. The second-order valence-electron chi connectivity index (χ2n) is 4.05. The van der Waals surface area contributed by atoms with E-state index in [0.717, 1.165) is 0 Å². The second-order valence-corrected chi connectivity index (χ2v) is 4.46. The summed E-state index contributed by atoms with van der Waals surface area (Å²) in [5.41, 5.74) is 6.71. The number of nitrogens with one attached hydrogen (secondary N) is 1. The van der Waals surface area contributed by atoms with Gasteiger partial charge < -0.3 is 11.1 Å². The van der Waals surface area contributed by atoms with Crippen LogP contribution >= 0.6 is 11.6 Å². The number of carbonyl (C=O) groups excluding carboxylic acids is 1. The fourth-order valence-corrected chi connectivity index (χ4v) is 1.83. The lowest BCUT2D eigenvalue weighted by Crippen LogP contribution is -2.13. The summed E-state index contributed by atoms with van der Waals surface area (Å²) in [4.78, 5) is 15.6. The van der Waals surface area contributed by atoms with Gasteiger partial charge in [-0.05, 0) is 24.6 Å². The van der Waals surface area contributed by atoms with Gasteiger partial charge in [-0.2, -0.15) is 5.10 Å². The summed E-state index contributed by atoms with van der Waals surface area (Å²) in [7, 11) is 0. The van der Waals surface area contributed by atoms with Gasteiger partial charge in [-0.15, -0.1) is 0 Å². The minimum atomic E-state index is -0.0909. The van der Waals surface area contributed by atoms with E-state index < -0.39 is 0 Å². The fourth-order valence-electron chi connectivity index (χ4n) is 1.60. The number of carbonyl (C=O) groups is 1. The number of amides is 1. The van der Waals surface area contributed by atoms with E-state index in [1.165, 1.54) is 6.33 Å². The molecular weight excluding hydrogens is 266 g/mol. The van der Waals surface area contributed by atoms with E-state index in [1.807, 2.05) is 0 Å². The van der Waals surface area contributed by atoms with Crippen LogP contribution in [0.25, 0.3) is 0 Å². The molecule has 6 nitrogen and oxygen atoms in total. The van der Waals surface area contributed by atoms with Crippen molar-refractivity contribution < 1.29 is 4.79 Å². The van der Waals surface area contributed by atoms with Gasteiger partial charge in [0.1, 0.15) is 12.7 Å². The van der Waals surface area contributed by atoms with Crippen molar-refractivity contribution in [2.45, 2.75) is 19.4 Å². The Balaban J connectivity index is 1.80. The summed E-state index contributed by atoms with van der Waals surface area (Å²) < 4.78 is 1.68. The summed E-state index contributed by atoms with van der Waals surface area (Å²) in [6.45, 7) is 0.656. The van der Waals surface area contributed by atoms with E-state index in [2.05, 4.69) is 15.4 Å². The van der Waals surface area contributed by atoms with Crippen molar-refractivity contribution in [3.8, 4) is 0 Å². The van der Waals surface area contributed by atoms with E-state index in [9.17, 15) is 4.79 Å². The lowest BCUT2D eigenvalue weighted by Gasteiger charge is -2.07. The molecule has 1 aromatic carbocycles. The first-order valence-electron chi connectivity index (χ1n) is 5.82. The highest BCUT2D eigenvalue weighted by atomic mass is 35.5. The second kappa shape index (κ2) is 6.19. The maximum atomic E-state index is 11.7. The first-order chi connectivity index (χ1) is 9.15. The van der Waals surface area contributed by atoms with Crippen molar-refractivity contribution in [1.82, 2.24) is 14.8 Å². The number of hydrogen-bond acceptors (Lipinski definition) is 4. The molecule has 0 saturated heterocycles. The number of aryl methyl sites for hydroxylation is 1. The third-order valence-corrected chi connectivity index (χ3v) is 2.84. The van der Waals surface area contributed by atoms with Crippen LogP contribution in [0, 0.1) is 0 Å². The number of nitrogens with two attached hydrogens (primary N) is 1. The zero-order chi connectivity index (χ0) is 13.7. The molecule has 100 valence electrons. The van der Waals surface area contributed by atoms with E-state index >= 15 is 0 Å². The highest BCUT2D eigenvalue weighted by Crippen LogP contribution is 2.24. The normalized spacial score (nSPS) is 10.4. The number of halogens is 1. The summed E-state index contributed by atoms with van der Waals surface area (Å²) in [6, 6.07) is 4.98. The topological polar surface area (TPSA) is 85.8 Å². The molecule has 0 fully saturated rings. The van der Waals surface area contributed by atoms with Crippen LogP contribution in [-0.2, 0) is 11.3 Å². The monoisotopic (exact) mass is 279 g/mol. The third-order valence-electron chi connectivity index (χ3n) is 2.52. The molecule has 2 rings (SSSR count). The Bertz CT molecular complexity index is 555. The van der Waals surface area contributed by atoms with Crippen molar-refractivity contribution in [2.75, 3.05) is 11.1 Å². The van der Waals surface area contributed by atoms with Crippen LogP contribution in [0.5, 0.6) is 0 Å². The van der Waals surface area contributed by atoms with Gasteiger partial charge in [-0.1, -0.05) is 11.6 Å². The molecule has 0 aliphatic heterocycles. The van der Waals surface area contributed by atoms with E-state index in [4.69, 9.17) is 17.3 Å². The lowest BCUT2D eigenvalue weighted by atomic mass is 10.2. The molecule has 3 N–H and O–H groups in total. The van der Waals surface area contributed by atoms with Gasteiger partial charge in [0, 0.05) is 18.7 Å². The van der Waals surface area contributed by atoms with Gasteiger partial charge >= 0.3 is 0 Å². The lowest BCUT2D eigenvalue weighted by molar-refractivity contribution is -0.116. The Morgan fingerprint density at radius 1 is 1.47 bits per heavy atom. The van der Waals surface area contributed by atoms with Crippen LogP contribution in [0.15, 0.2) is 30.9 Å². The fraction of sp³-hybridized carbons (Fsp3) is 0.250. The molecule has 0 aliphatic carbocycles. The minimum Gasteiger partial charge on any atom is -0.399 e. The predicted molar refractivity (Wildman–Crippen MR) is 73.8 cm³/mol. The molecule has 1 amide bonds. The molecule has 0 atom stereocenters. The number of aromatic nitrogens is 3. The maximum Gasteiger partial charge on any atom is 0.224 e. The number of rotatable bonds is 5. The first-order valence-corrected chi connectivity index (χ1v) is 6.20. The highest BCUT2D eigenvalue weighted by molar-refractivity contribution is 6.34. The van der Waals surface area contributed by atoms with Crippen LogP contribution in [0.4, 0.5) is 11.4 Å². The molecule has 7 heteroatoms. The SMILES string of the molecule is Nc1ccc(NC(=O)CCCn2cncn2)c(Cl)c1. The third kappa shape index (κ3) is 3.96. The van der Waals surface area contributed by atoms with Crippen LogP contribution in [0.3, 0.4) is 0 Å². The Kier molecular flexibility index (Phi) is 4.35. The minimum absolute atomic E-state index is 0.0909. The van der Waals surface area contributed by atoms with Gasteiger partial charge in [0.2, 0.25) is 5.91 Å². The highest BCUT2D eigenvalue weighted by Gasteiger charge is 2.06. The van der Waals surface area contributed by atoms with Crippen LogP contribution < -0.4 is 11.1 Å². The van der Waals surface area contributed by atoms with Gasteiger partial charge in [-0.25, -0.2) is 4.98 Å². The average molecular weight is 280 g/mol. The number of nitrogen functional groups attached to an aromatic ring is 1. The smallest absolute Gasteiger partial charge is 0.224 e. The number of benzene rings is 1. The van der Waals surface area contributed by atoms with Gasteiger partial charge in [0.25, 0.3) is 0 Å². The molecule has 0 unspecified atom stereocenters. The number of anilines is 2. The number of nitrogens with zero attached hydrogens (tertiary/aromatic N) is 3. The van der Waals surface area contributed by atoms with Gasteiger partial charge in [0.15, 0.2) is 0 Å². The van der Waals surface area contributed by atoms with Gasteiger partial charge in [-0.3, -0.25) is 9.48 Å². The van der Waals surface area contributed by atoms with Crippen LogP contribution in [0.1, 0.15) is 12.8 Å². The van der Waals surface area contributed by atoms with Crippen LogP contribution in [0.2, 0.25) is 5.02 Å². The summed E-state index contributed by atoms with van der Waals surface area (Å²) in [5, 5.41) is 7.14. The van der Waals surface area contributed by atoms with E-state index in [1.54, 1.807) is 29.2 Å². The van der Waals surface area contributed by atoms with E-state index in [0.29, 0.717) is 35.8 Å². The summed E-state index contributed by atoms with van der Waals surface area (Å²) in [5.74, 6) is -0.0909. The maximum absolute atomic E-state index is 11.7. The summed E-state index contributed by atoms with van der Waals surface area (Å²) >= 11 is 5.97. The first kappa shape index (κ1) is 13.4. The molecule has 19 heavy (non-hydrogen) atoms. The molecule has 1 aromatic heterocycles. The Morgan fingerprint density at radius 3 is 3.00 bits per heavy atom. The van der Waals surface area contributed by atoms with Crippen molar-refractivity contribution in [3.63, 3.8) is 0 Å². The molecule has 0 bridgehead atoms. The molecular formula is C12H14ClN5O. The van der Waals surface area contributed by atoms with Crippen molar-refractivity contribution >= 4 is 28.9 Å². The Hall–Kier alpha value is -2.08. The molecule has 0 radical (unpaired) electrons. The molecule has 0 spiro atoms. The van der Waals surface area contributed by atoms with E-state index in [-0.39, 0.29) is 5.91 Å². The van der Waals surface area contributed by atoms with Crippen LogP contribution in [-0.4, -0.2) is 20.7 Å². The quantitative estimate of drug-likeness (QED) is 0.819. The van der Waals surface area contributed by atoms with Crippen molar-refractivity contribution in [3.05, 3.63) is 35.9 Å². The van der Waals surface area contributed by atoms with Crippen molar-refractivity contribution in [2.24, 2.45) is 0 Å². The molecule has 0 aliphatic rings.